The van der Waals surface area contributed by atoms with E-state index in [2.05, 4.69) is 6.92 Å². The van der Waals surface area contributed by atoms with E-state index >= 15 is 0 Å². The lowest BCUT2D eigenvalue weighted by Crippen LogP contribution is -2.50. The van der Waals surface area contributed by atoms with Crippen molar-refractivity contribution in [2.75, 3.05) is 19.8 Å². The first-order valence-electron chi connectivity index (χ1n) is 9.20. The van der Waals surface area contributed by atoms with Gasteiger partial charge in [0, 0.05) is 25.9 Å². The third-order valence-corrected chi connectivity index (χ3v) is 6.49. The standard InChI is InChI=1S/C18H33NO2/c1-2-14-3-5-15(6-4-14)17(19)16-7-10-21-18(13-16)8-11-20-12-9-18/h14-17H,2-13,19H2,1H3. The van der Waals surface area contributed by atoms with Crippen molar-refractivity contribution in [1.82, 2.24) is 0 Å². The minimum atomic E-state index is 0.0966. The van der Waals surface area contributed by atoms with Crippen molar-refractivity contribution < 1.29 is 9.47 Å². The summed E-state index contributed by atoms with van der Waals surface area (Å²) in [7, 11) is 0. The summed E-state index contributed by atoms with van der Waals surface area (Å²) >= 11 is 0. The van der Waals surface area contributed by atoms with Crippen molar-refractivity contribution in [3.8, 4) is 0 Å². The smallest absolute Gasteiger partial charge is 0.0729 e. The zero-order valence-corrected chi connectivity index (χ0v) is 13.7. The van der Waals surface area contributed by atoms with Gasteiger partial charge in [-0.3, -0.25) is 0 Å². The van der Waals surface area contributed by atoms with E-state index in [1.54, 1.807) is 0 Å². The molecule has 0 aromatic rings. The molecule has 2 unspecified atom stereocenters. The molecule has 0 radical (unpaired) electrons. The Morgan fingerprint density at radius 2 is 1.71 bits per heavy atom. The van der Waals surface area contributed by atoms with Gasteiger partial charge in [0.1, 0.15) is 0 Å². The lowest BCUT2D eigenvalue weighted by Gasteiger charge is -2.46. The zero-order valence-electron chi connectivity index (χ0n) is 13.7. The fourth-order valence-corrected chi connectivity index (χ4v) is 4.85. The Bertz CT molecular complexity index is 314. The van der Waals surface area contributed by atoms with Crippen molar-refractivity contribution >= 4 is 0 Å². The molecule has 0 bridgehead atoms. The van der Waals surface area contributed by atoms with Crippen molar-refractivity contribution in [3.05, 3.63) is 0 Å². The quantitative estimate of drug-likeness (QED) is 0.866. The molecule has 0 aromatic carbocycles. The molecule has 3 nitrogen and oxygen atoms in total. The Hall–Kier alpha value is -0.120. The molecule has 3 fully saturated rings. The molecule has 0 aromatic heterocycles. The average molecular weight is 295 g/mol. The van der Waals surface area contributed by atoms with Crippen LogP contribution in [0.5, 0.6) is 0 Å². The molecule has 21 heavy (non-hydrogen) atoms. The molecule has 3 rings (SSSR count). The largest absolute Gasteiger partial charge is 0.381 e. The fourth-order valence-electron chi connectivity index (χ4n) is 4.85. The summed E-state index contributed by atoms with van der Waals surface area (Å²) < 4.78 is 11.7. The molecule has 1 saturated carbocycles. The maximum absolute atomic E-state index is 6.71. The zero-order chi connectivity index (χ0) is 14.7. The summed E-state index contributed by atoms with van der Waals surface area (Å²) in [6, 6.07) is 0.395. The van der Waals surface area contributed by atoms with Gasteiger partial charge >= 0.3 is 0 Å². The van der Waals surface area contributed by atoms with Gasteiger partial charge in [-0.25, -0.2) is 0 Å². The molecule has 2 N–H and O–H groups in total. The van der Waals surface area contributed by atoms with E-state index in [0.29, 0.717) is 12.0 Å². The topological polar surface area (TPSA) is 44.5 Å². The lowest BCUT2D eigenvalue weighted by molar-refractivity contribution is -0.151. The summed E-state index contributed by atoms with van der Waals surface area (Å²) in [6.45, 7) is 4.97. The van der Waals surface area contributed by atoms with Gasteiger partial charge in [-0.15, -0.1) is 0 Å². The monoisotopic (exact) mass is 295 g/mol. The molecule has 3 aliphatic rings. The van der Waals surface area contributed by atoms with Gasteiger partial charge in [0.15, 0.2) is 0 Å². The minimum Gasteiger partial charge on any atom is -0.381 e. The first kappa shape index (κ1) is 15.8. The van der Waals surface area contributed by atoms with Crippen LogP contribution in [0.15, 0.2) is 0 Å². The van der Waals surface area contributed by atoms with Crippen LogP contribution in [-0.2, 0) is 9.47 Å². The van der Waals surface area contributed by atoms with E-state index in [1.807, 2.05) is 0 Å². The highest BCUT2D eigenvalue weighted by Crippen LogP contribution is 2.41. The third kappa shape index (κ3) is 3.62. The summed E-state index contributed by atoms with van der Waals surface area (Å²) in [5.41, 5.74) is 6.81. The summed E-state index contributed by atoms with van der Waals surface area (Å²) in [4.78, 5) is 0. The van der Waals surface area contributed by atoms with Crippen LogP contribution < -0.4 is 5.73 Å². The number of hydrogen-bond donors (Lipinski definition) is 1. The average Bonchev–Trinajstić information content (AvgIpc) is 2.55. The summed E-state index contributed by atoms with van der Waals surface area (Å²) in [6.07, 6.45) is 11.3. The maximum Gasteiger partial charge on any atom is 0.0729 e. The van der Waals surface area contributed by atoms with Crippen LogP contribution in [0.4, 0.5) is 0 Å². The maximum atomic E-state index is 6.71. The minimum absolute atomic E-state index is 0.0966. The molecule has 122 valence electrons. The molecule has 3 heteroatoms. The van der Waals surface area contributed by atoms with Crippen LogP contribution in [0, 0.1) is 17.8 Å². The lowest BCUT2D eigenvalue weighted by atomic mass is 9.70. The van der Waals surface area contributed by atoms with Gasteiger partial charge < -0.3 is 15.2 Å². The van der Waals surface area contributed by atoms with Crippen molar-refractivity contribution in [1.29, 1.82) is 0 Å². The Labute approximate surface area is 129 Å². The first-order chi connectivity index (χ1) is 10.2. The number of rotatable bonds is 3. The van der Waals surface area contributed by atoms with Crippen LogP contribution in [-0.4, -0.2) is 31.5 Å². The van der Waals surface area contributed by atoms with Crippen LogP contribution in [0.2, 0.25) is 0 Å². The second-order valence-electron chi connectivity index (χ2n) is 7.66. The SMILES string of the molecule is CCC1CCC(C(N)C2CCOC3(CCOCC3)C2)CC1. The van der Waals surface area contributed by atoms with Gasteiger partial charge in [0.2, 0.25) is 0 Å². The number of ether oxygens (including phenoxy) is 2. The van der Waals surface area contributed by atoms with E-state index in [9.17, 15) is 0 Å². The second kappa shape index (κ2) is 6.97. The van der Waals surface area contributed by atoms with Crippen molar-refractivity contribution in [2.24, 2.45) is 23.5 Å². The van der Waals surface area contributed by atoms with Gasteiger partial charge in [0.05, 0.1) is 5.60 Å². The van der Waals surface area contributed by atoms with Gasteiger partial charge in [-0.05, 0) is 56.3 Å². The van der Waals surface area contributed by atoms with E-state index in [-0.39, 0.29) is 5.60 Å². The summed E-state index contributed by atoms with van der Waals surface area (Å²) in [5, 5.41) is 0. The Kier molecular flexibility index (Phi) is 5.23. The molecule has 2 heterocycles. The molecular formula is C18H33NO2. The number of hydrogen-bond acceptors (Lipinski definition) is 3. The predicted octanol–water partition coefficient (Wildman–Crippen LogP) is 3.51. The van der Waals surface area contributed by atoms with E-state index < -0.39 is 0 Å². The second-order valence-corrected chi connectivity index (χ2v) is 7.66. The van der Waals surface area contributed by atoms with E-state index in [1.165, 1.54) is 38.5 Å². The fraction of sp³-hybridized carbons (Fsp3) is 1.00. The van der Waals surface area contributed by atoms with Crippen LogP contribution >= 0.6 is 0 Å². The van der Waals surface area contributed by atoms with Gasteiger partial charge in [-0.1, -0.05) is 26.2 Å². The van der Waals surface area contributed by atoms with E-state index in [0.717, 1.165) is 50.9 Å². The van der Waals surface area contributed by atoms with Crippen LogP contribution in [0.1, 0.15) is 64.7 Å². The van der Waals surface area contributed by atoms with Crippen molar-refractivity contribution in [2.45, 2.75) is 76.4 Å². The summed E-state index contributed by atoms with van der Waals surface area (Å²) in [5.74, 6) is 2.39. The van der Waals surface area contributed by atoms with E-state index in [4.69, 9.17) is 15.2 Å². The van der Waals surface area contributed by atoms with Crippen LogP contribution in [0.25, 0.3) is 0 Å². The van der Waals surface area contributed by atoms with Gasteiger partial charge in [-0.2, -0.15) is 0 Å². The van der Waals surface area contributed by atoms with Gasteiger partial charge in [0.25, 0.3) is 0 Å². The van der Waals surface area contributed by atoms with Crippen LogP contribution in [0.3, 0.4) is 0 Å². The molecule has 2 aliphatic heterocycles. The van der Waals surface area contributed by atoms with Crippen molar-refractivity contribution in [3.63, 3.8) is 0 Å². The third-order valence-electron chi connectivity index (χ3n) is 6.49. The molecular weight excluding hydrogens is 262 g/mol. The first-order valence-corrected chi connectivity index (χ1v) is 9.20. The normalized spacial score (nSPS) is 38.3. The molecule has 2 atom stereocenters. The Balaban J connectivity index is 1.55. The highest BCUT2D eigenvalue weighted by Gasteiger charge is 2.42. The highest BCUT2D eigenvalue weighted by molar-refractivity contribution is 4.94. The molecule has 2 saturated heterocycles. The molecule has 0 amide bonds. The Morgan fingerprint density at radius 1 is 1.00 bits per heavy atom. The number of nitrogens with two attached hydrogens (primary N) is 1. The molecule has 1 spiro atoms. The molecule has 1 aliphatic carbocycles. The highest BCUT2D eigenvalue weighted by atomic mass is 16.5. The predicted molar refractivity (Wildman–Crippen MR) is 85.2 cm³/mol. The Morgan fingerprint density at radius 3 is 2.38 bits per heavy atom.